The maximum absolute atomic E-state index is 13.2. The molecule has 0 spiro atoms. The predicted molar refractivity (Wildman–Crippen MR) is 127 cm³/mol. The first-order chi connectivity index (χ1) is 16.4. The number of nitrogens with zero attached hydrogens (tertiary/aromatic N) is 2. The summed E-state index contributed by atoms with van der Waals surface area (Å²) in [6, 6.07) is 12.9. The van der Waals surface area contributed by atoms with E-state index >= 15 is 0 Å². The Morgan fingerprint density at radius 1 is 1.03 bits per heavy atom. The molecule has 34 heavy (non-hydrogen) atoms. The normalized spacial score (nSPS) is 14.5. The molecule has 1 saturated heterocycles. The van der Waals surface area contributed by atoms with Crippen LogP contribution in [-0.4, -0.2) is 68.8 Å². The summed E-state index contributed by atoms with van der Waals surface area (Å²) in [5.74, 6) is -0.852. The third-order valence-corrected chi connectivity index (χ3v) is 7.81. The summed E-state index contributed by atoms with van der Waals surface area (Å²) in [4.78, 5) is 28.0. The number of nitrogens with one attached hydrogen (secondary N) is 1. The first-order valence-electron chi connectivity index (χ1n) is 11.2. The molecule has 0 radical (unpaired) electrons. The van der Waals surface area contributed by atoms with Crippen LogP contribution in [0.4, 0.5) is 5.69 Å². The first kappa shape index (κ1) is 23.9. The van der Waals surface area contributed by atoms with Crippen LogP contribution >= 0.6 is 0 Å². The maximum atomic E-state index is 13.2. The standard InChI is InChI=1S/C24H27N3O6S/c1-3-27(4-2)34(30,31)18-9-7-8-17(16-18)23(28)25-21-19-10-5-6-11-20(19)33-22(21)24(29)26-12-14-32-15-13-26/h5-11,16H,3-4,12-15H2,1-2H3,(H,25,28). The molecule has 180 valence electrons. The Kier molecular flexibility index (Phi) is 7.01. The zero-order chi connectivity index (χ0) is 24.3. The molecule has 4 rings (SSSR count). The van der Waals surface area contributed by atoms with Crippen molar-refractivity contribution in [2.75, 3.05) is 44.7 Å². The van der Waals surface area contributed by atoms with E-state index in [0.717, 1.165) is 0 Å². The van der Waals surface area contributed by atoms with Crippen LogP contribution in [0.5, 0.6) is 0 Å². The summed E-state index contributed by atoms with van der Waals surface area (Å²) in [5.41, 5.74) is 0.879. The highest BCUT2D eigenvalue weighted by Crippen LogP contribution is 2.32. The van der Waals surface area contributed by atoms with Gasteiger partial charge in [-0.15, -0.1) is 0 Å². The van der Waals surface area contributed by atoms with Crippen LogP contribution in [0.15, 0.2) is 57.8 Å². The van der Waals surface area contributed by atoms with E-state index in [1.807, 2.05) is 0 Å². The van der Waals surface area contributed by atoms with E-state index in [4.69, 9.17) is 9.15 Å². The SMILES string of the molecule is CCN(CC)S(=O)(=O)c1cccc(C(=O)Nc2c(C(=O)N3CCOCC3)oc3ccccc23)c1. The molecule has 1 aliphatic heterocycles. The predicted octanol–water partition coefficient (Wildman–Crippen LogP) is 3.19. The maximum Gasteiger partial charge on any atom is 0.291 e. The second-order valence-corrected chi connectivity index (χ2v) is 9.72. The Balaban J connectivity index is 1.68. The van der Waals surface area contributed by atoms with Gasteiger partial charge < -0.3 is 19.4 Å². The fourth-order valence-corrected chi connectivity index (χ4v) is 5.43. The topological polar surface area (TPSA) is 109 Å². The van der Waals surface area contributed by atoms with Gasteiger partial charge >= 0.3 is 0 Å². The fraction of sp³-hybridized carbons (Fsp3) is 0.333. The summed E-state index contributed by atoms with van der Waals surface area (Å²) in [7, 11) is -3.73. The number of anilines is 1. The molecule has 3 aromatic rings. The number of benzene rings is 2. The van der Waals surface area contributed by atoms with Crippen molar-refractivity contribution in [3.05, 3.63) is 59.9 Å². The molecule has 1 aromatic heterocycles. The van der Waals surface area contributed by atoms with E-state index in [1.165, 1.54) is 28.6 Å². The van der Waals surface area contributed by atoms with E-state index in [2.05, 4.69) is 5.32 Å². The van der Waals surface area contributed by atoms with Gasteiger partial charge in [0.15, 0.2) is 0 Å². The lowest BCUT2D eigenvalue weighted by atomic mass is 10.1. The minimum absolute atomic E-state index is 0.0309. The average molecular weight is 486 g/mol. The molecule has 1 fully saturated rings. The molecule has 0 aliphatic carbocycles. The Hall–Kier alpha value is -3.21. The summed E-state index contributed by atoms with van der Waals surface area (Å²) >= 11 is 0. The van der Waals surface area contributed by atoms with Crippen LogP contribution < -0.4 is 5.32 Å². The van der Waals surface area contributed by atoms with E-state index in [-0.39, 0.29) is 27.8 Å². The molecule has 2 amide bonds. The van der Waals surface area contributed by atoms with Gasteiger partial charge in [0.2, 0.25) is 15.8 Å². The summed E-state index contributed by atoms with van der Waals surface area (Å²) in [5, 5.41) is 3.37. The van der Waals surface area contributed by atoms with Gasteiger partial charge in [0.1, 0.15) is 11.3 Å². The minimum atomic E-state index is -3.73. The number of rotatable bonds is 7. The molecule has 1 aliphatic rings. The van der Waals surface area contributed by atoms with Gasteiger partial charge in [-0.25, -0.2) is 8.42 Å². The van der Waals surface area contributed by atoms with Gasteiger partial charge in [-0.1, -0.05) is 32.0 Å². The number of morpholine rings is 1. The Morgan fingerprint density at radius 3 is 2.44 bits per heavy atom. The number of furan rings is 1. The van der Waals surface area contributed by atoms with E-state index in [0.29, 0.717) is 50.4 Å². The molecule has 0 bridgehead atoms. The van der Waals surface area contributed by atoms with Crippen molar-refractivity contribution in [2.45, 2.75) is 18.7 Å². The van der Waals surface area contributed by atoms with Crippen LogP contribution in [0.1, 0.15) is 34.8 Å². The molecule has 0 unspecified atom stereocenters. The Morgan fingerprint density at radius 2 is 1.74 bits per heavy atom. The van der Waals surface area contributed by atoms with E-state index in [1.54, 1.807) is 43.0 Å². The van der Waals surface area contributed by atoms with E-state index in [9.17, 15) is 18.0 Å². The number of para-hydroxylation sites is 1. The third-order valence-electron chi connectivity index (χ3n) is 5.77. The van der Waals surface area contributed by atoms with Crippen molar-refractivity contribution in [3.8, 4) is 0 Å². The number of amides is 2. The number of hydrogen-bond acceptors (Lipinski definition) is 6. The molecule has 2 heterocycles. The zero-order valence-corrected chi connectivity index (χ0v) is 19.9. The molecule has 0 atom stereocenters. The van der Waals surface area contributed by atoms with Gasteiger partial charge in [0.05, 0.1) is 18.1 Å². The first-order valence-corrected chi connectivity index (χ1v) is 12.6. The molecule has 10 heteroatoms. The molecule has 0 saturated carbocycles. The number of ether oxygens (including phenoxy) is 1. The van der Waals surface area contributed by atoms with Crippen molar-refractivity contribution in [1.29, 1.82) is 0 Å². The minimum Gasteiger partial charge on any atom is -0.449 e. The lowest BCUT2D eigenvalue weighted by molar-refractivity contribution is 0.0285. The zero-order valence-electron chi connectivity index (χ0n) is 19.1. The van der Waals surface area contributed by atoms with Gasteiger partial charge in [-0.05, 0) is 30.3 Å². The average Bonchev–Trinajstić information content (AvgIpc) is 3.23. The highest BCUT2D eigenvalue weighted by molar-refractivity contribution is 7.89. The highest BCUT2D eigenvalue weighted by atomic mass is 32.2. The van der Waals surface area contributed by atoms with Gasteiger partial charge in [-0.2, -0.15) is 4.31 Å². The highest BCUT2D eigenvalue weighted by Gasteiger charge is 2.28. The van der Waals surface area contributed by atoms with Crippen molar-refractivity contribution in [2.24, 2.45) is 0 Å². The van der Waals surface area contributed by atoms with Crippen LogP contribution in [0, 0.1) is 0 Å². The van der Waals surface area contributed by atoms with Crippen molar-refractivity contribution in [3.63, 3.8) is 0 Å². The second kappa shape index (κ2) is 9.96. The quantitative estimate of drug-likeness (QED) is 0.551. The second-order valence-electron chi connectivity index (χ2n) is 7.78. The third kappa shape index (κ3) is 4.56. The summed E-state index contributed by atoms with van der Waals surface area (Å²) in [6.07, 6.45) is 0. The lowest BCUT2D eigenvalue weighted by Crippen LogP contribution is -2.40. The van der Waals surface area contributed by atoms with Gasteiger partial charge in [0, 0.05) is 37.1 Å². The number of hydrogen-bond donors (Lipinski definition) is 1. The lowest BCUT2D eigenvalue weighted by Gasteiger charge is -2.26. The monoisotopic (exact) mass is 485 g/mol. The number of carbonyl (C=O) groups is 2. The summed E-state index contributed by atoms with van der Waals surface area (Å²) < 4.78 is 38.3. The molecule has 9 nitrogen and oxygen atoms in total. The van der Waals surface area contributed by atoms with Gasteiger partial charge in [0.25, 0.3) is 11.8 Å². The van der Waals surface area contributed by atoms with Crippen LogP contribution in [-0.2, 0) is 14.8 Å². The van der Waals surface area contributed by atoms with Crippen LogP contribution in [0.25, 0.3) is 11.0 Å². The van der Waals surface area contributed by atoms with Crippen molar-refractivity contribution >= 4 is 38.5 Å². The number of sulfonamides is 1. The molecular weight excluding hydrogens is 458 g/mol. The molecule has 1 N–H and O–H groups in total. The Bertz CT molecular complexity index is 1310. The van der Waals surface area contributed by atoms with Crippen LogP contribution in [0.2, 0.25) is 0 Å². The molecular formula is C24H27N3O6S. The summed E-state index contributed by atoms with van der Waals surface area (Å²) in [6.45, 7) is 5.88. The number of fused-ring (bicyclic) bond motifs is 1. The van der Waals surface area contributed by atoms with Gasteiger partial charge in [-0.3, -0.25) is 9.59 Å². The molecule has 2 aromatic carbocycles. The van der Waals surface area contributed by atoms with Crippen molar-refractivity contribution in [1.82, 2.24) is 9.21 Å². The van der Waals surface area contributed by atoms with Crippen molar-refractivity contribution < 1.29 is 27.2 Å². The van der Waals surface area contributed by atoms with E-state index < -0.39 is 15.9 Å². The fourth-order valence-electron chi connectivity index (χ4n) is 3.93. The largest absolute Gasteiger partial charge is 0.449 e. The smallest absolute Gasteiger partial charge is 0.291 e. The number of carbonyl (C=O) groups excluding carboxylic acids is 2. The Labute approximate surface area is 198 Å². The van der Waals surface area contributed by atoms with Crippen LogP contribution in [0.3, 0.4) is 0 Å².